The Morgan fingerprint density at radius 3 is 3.11 bits per heavy atom. The van der Waals surface area contributed by atoms with Gasteiger partial charge in [0.25, 0.3) is 0 Å². The fourth-order valence-electron chi connectivity index (χ4n) is 2.79. The van der Waals surface area contributed by atoms with E-state index in [1.54, 1.807) is 7.11 Å². The van der Waals surface area contributed by atoms with Crippen LogP contribution in [0.2, 0.25) is 0 Å². The number of nitrogens with zero attached hydrogens (tertiary/aromatic N) is 1. The molecule has 0 amide bonds. The zero-order valence-corrected chi connectivity index (χ0v) is 10.8. The number of hydrogen-bond donors (Lipinski definition) is 2. The molecule has 5 heteroatoms. The molecule has 0 spiro atoms. The molecule has 0 aliphatic carbocycles. The van der Waals surface area contributed by atoms with E-state index in [2.05, 4.69) is 9.88 Å². The van der Waals surface area contributed by atoms with E-state index in [1.165, 1.54) is 0 Å². The molecule has 19 heavy (non-hydrogen) atoms. The van der Waals surface area contributed by atoms with Gasteiger partial charge in [-0.05, 0) is 23.8 Å². The number of nitrogens with one attached hydrogen (secondary N) is 1. The van der Waals surface area contributed by atoms with Crippen LogP contribution in [0.4, 0.5) is 0 Å². The second-order valence-electron chi connectivity index (χ2n) is 4.71. The Hall–Kier alpha value is -2.01. The number of ether oxygens (including phenoxy) is 1. The third-order valence-electron chi connectivity index (χ3n) is 3.63. The lowest BCUT2D eigenvalue weighted by molar-refractivity contribution is -0.136. The lowest BCUT2D eigenvalue weighted by atomic mass is 10.1. The smallest absolute Gasteiger partial charge is 0.307 e. The summed E-state index contributed by atoms with van der Waals surface area (Å²) in [6, 6.07) is 5.86. The van der Waals surface area contributed by atoms with Crippen LogP contribution in [0, 0.1) is 0 Å². The van der Waals surface area contributed by atoms with Crippen molar-refractivity contribution >= 4 is 16.9 Å². The van der Waals surface area contributed by atoms with Gasteiger partial charge in [-0.15, -0.1) is 0 Å². The van der Waals surface area contributed by atoms with Crippen molar-refractivity contribution in [3.05, 3.63) is 29.5 Å². The molecule has 2 N–H and O–H groups in total. The summed E-state index contributed by atoms with van der Waals surface area (Å²) in [7, 11) is 1.62. The molecule has 0 saturated heterocycles. The van der Waals surface area contributed by atoms with E-state index in [4.69, 9.17) is 9.84 Å². The van der Waals surface area contributed by atoms with Crippen LogP contribution in [0.5, 0.6) is 5.75 Å². The van der Waals surface area contributed by atoms with Crippen LogP contribution < -0.4 is 10.1 Å². The Bertz CT molecular complexity index is 646. The minimum Gasteiger partial charge on any atom is -0.497 e. The standard InChI is InChI=1S/C14H16N2O3/c1-19-9-2-3-12-10(6-9)11(7-14(17)18)13-8-15-4-5-16(12)13/h2-3,6,15H,4-5,7-8H2,1H3,(H,17,18). The van der Waals surface area contributed by atoms with Gasteiger partial charge in [0, 0.05) is 36.2 Å². The number of aromatic nitrogens is 1. The molecule has 5 nitrogen and oxygen atoms in total. The van der Waals surface area contributed by atoms with Gasteiger partial charge in [-0.25, -0.2) is 0 Å². The van der Waals surface area contributed by atoms with Crippen molar-refractivity contribution in [2.75, 3.05) is 13.7 Å². The van der Waals surface area contributed by atoms with E-state index in [9.17, 15) is 4.79 Å². The summed E-state index contributed by atoms with van der Waals surface area (Å²) in [5.41, 5.74) is 3.07. The van der Waals surface area contributed by atoms with Crippen molar-refractivity contribution < 1.29 is 14.6 Å². The molecule has 2 aromatic rings. The summed E-state index contributed by atoms with van der Waals surface area (Å²) in [5.74, 6) is -0.0428. The summed E-state index contributed by atoms with van der Waals surface area (Å²) < 4.78 is 7.45. The van der Waals surface area contributed by atoms with Gasteiger partial charge < -0.3 is 19.7 Å². The molecule has 1 aromatic carbocycles. The topological polar surface area (TPSA) is 63.5 Å². The number of carboxylic acid groups (broad SMARTS) is 1. The molecule has 100 valence electrons. The maximum atomic E-state index is 11.1. The van der Waals surface area contributed by atoms with E-state index < -0.39 is 5.97 Å². The first-order valence-corrected chi connectivity index (χ1v) is 6.31. The summed E-state index contributed by atoms with van der Waals surface area (Å²) >= 11 is 0. The maximum absolute atomic E-state index is 11.1. The molecule has 2 heterocycles. The number of methoxy groups -OCH3 is 1. The van der Waals surface area contributed by atoms with Gasteiger partial charge in [0.2, 0.25) is 0 Å². The number of fused-ring (bicyclic) bond motifs is 3. The van der Waals surface area contributed by atoms with Crippen LogP contribution in [0.25, 0.3) is 10.9 Å². The van der Waals surface area contributed by atoms with Crippen molar-refractivity contribution in [1.29, 1.82) is 0 Å². The van der Waals surface area contributed by atoms with Crippen LogP contribution in [0.1, 0.15) is 11.3 Å². The average molecular weight is 260 g/mol. The fourth-order valence-corrected chi connectivity index (χ4v) is 2.79. The predicted octanol–water partition coefficient (Wildman–Crippen LogP) is 1.38. The van der Waals surface area contributed by atoms with E-state index in [0.29, 0.717) is 0 Å². The van der Waals surface area contributed by atoms with Crippen molar-refractivity contribution in [1.82, 2.24) is 9.88 Å². The predicted molar refractivity (Wildman–Crippen MR) is 71.5 cm³/mol. The summed E-state index contributed by atoms with van der Waals surface area (Å²) in [5, 5.41) is 13.4. The average Bonchev–Trinajstić information content (AvgIpc) is 2.72. The van der Waals surface area contributed by atoms with Crippen LogP contribution in [0.15, 0.2) is 18.2 Å². The second kappa shape index (κ2) is 4.59. The van der Waals surface area contributed by atoms with Gasteiger partial charge in [-0.1, -0.05) is 0 Å². The number of aliphatic carboxylic acids is 1. The molecule has 1 aliphatic heterocycles. The molecular weight excluding hydrogens is 244 g/mol. The third kappa shape index (κ3) is 1.96. The van der Waals surface area contributed by atoms with Crippen molar-refractivity contribution in [3.63, 3.8) is 0 Å². The Balaban J connectivity index is 2.26. The van der Waals surface area contributed by atoms with Gasteiger partial charge in [0.05, 0.1) is 13.5 Å². The van der Waals surface area contributed by atoms with E-state index in [-0.39, 0.29) is 6.42 Å². The van der Waals surface area contributed by atoms with Gasteiger partial charge in [-0.2, -0.15) is 0 Å². The van der Waals surface area contributed by atoms with Crippen molar-refractivity contribution in [2.24, 2.45) is 0 Å². The van der Waals surface area contributed by atoms with Gasteiger partial charge in [-0.3, -0.25) is 4.79 Å². The fraction of sp³-hybridized carbons (Fsp3) is 0.357. The molecular formula is C14H16N2O3. The quantitative estimate of drug-likeness (QED) is 0.875. The lowest BCUT2D eigenvalue weighted by Gasteiger charge is -2.18. The molecule has 0 bridgehead atoms. The molecule has 3 rings (SSSR count). The largest absolute Gasteiger partial charge is 0.497 e. The number of benzene rings is 1. The number of hydrogen-bond acceptors (Lipinski definition) is 3. The monoisotopic (exact) mass is 260 g/mol. The first-order chi connectivity index (χ1) is 9.20. The van der Waals surface area contributed by atoms with Crippen LogP contribution in [-0.4, -0.2) is 29.3 Å². The van der Waals surface area contributed by atoms with E-state index >= 15 is 0 Å². The zero-order valence-electron chi connectivity index (χ0n) is 10.8. The highest BCUT2D eigenvalue weighted by molar-refractivity contribution is 5.90. The summed E-state index contributed by atoms with van der Waals surface area (Å²) in [6.07, 6.45) is 0.0493. The third-order valence-corrected chi connectivity index (χ3v) is 3.63. The highest BCUT2D eigenvalue weighted by Gasteiger charge is 2.21. The maximum Gasteiger partial charge on any atom is 0.307 e. The van der Waals surface area contributed by atoms with E-state index in [0.717, 1.165) is 47.5 Å². The highest BCUT2D eigenvalue weighted by Crippen LogP contribution is 2.31. The zero-order chi connectivity index (χ0) is 13.4. The molecule has 1 aromatic heterocycles. The Morgan fingerprint density at radius 2 is 2.37 bits per heavy atom. The van der Waals surface area contributed by atoms with Crippen LogP contribution >= 0.6 is 0 Å². The second-order valence-corrected chi connectivity index (χ2v) is 4.71. The first-order valence-electron chi connectivity index (χ1n) is 6.31. The molecule has 1 aliphatic rings. The van der Waals surface area contributed by atoms with Gasteiger partial charge in [0.1, 0.15) is 5.75 Å². The Labute approximate surface area is 110 Å². The molecule has 0 atom stereocenters. The highest BCUT2D eigenvalue weighted by atomic mass is 16.5. The summed E-state index contributed by atoms with van der Waals surface area (Å²) in [6.45, 7) is 2.51. The molecule has 0 fully saturated rings. The number of carbonyl (C=O) groups is 1. The first kappa shape index (κ1) is 12.0. The van der Waals surface area contributed by atoms with Gasteiger partial charge >= 0.3 is 5.97 Å². The minimum atomic E-state index is -0.802. The number of rotatable bonds is 3. The molecule has 0 saturated carbocycles. The minimum absolute atomic E-state index is 0.0493. The number of carboxylic acids is 1. The van der Waals surface area contributed by atoms with Crippen molar-refractivity contribution in [2.45, 2.75) is 19.5 Å². The SMILES string of the molecule is COc1ccc2c(c1)c(CC(=O)O)c1n2CCNC1. The summed E-state index contributed by atoms with van der Waals surface area (Å²) in [4.78, 5) is 11.1. The molecule has 0 radical (unpaired) electrons. The van der Waals surface area contributed by atoms with Crippen molar-refractivity contribution in [3.8, 4) is 5.75 Å². The Kier molecular flexibility index (Phi) is 2.91. The lowest BCUT2D eigenvalue weighted by Crippen LogP contribution is -2.28. The molecule has 0 unspecified atom stereocenters. The normalized spacial score (nSPS) is 14.4. The van der Waals surface area contributed by atoms with E-state index in [1.807, 2.05) is 18.2 Å². The van der Waals surface area contributed by atoms with Crippen LogP contribution in [0.3, 0.4) is 0 Å². The Morgan fingerprint density at radius 1 is 1.53 bits per heavy atom. The van der Waals surface area contributed by atoms with Crippen LogP contribution in [-0.2, 0) is 24.3 Å². The van der Waals surface area contributed by atoms with Gasteiger partial charge in [0.15, 0.2) is 0 Å².